The van der Waals surface area contributed by atoms with Crippen LogP contribution < -0.4 is 5.32 Å². The SMILES string of the molecule is CCOC(=O)CCNc1cc(C)nc(-c2cccnc2)n1. The summed E-state index contributed by atoms with van der Waals surface area (Å²) in [7, 11) is 0. The van der Waals surface area contributed by atoms with Gasteiger partial charge in [0.25, 0.3) is 0 Å². The molecule has 21 heavy (non-hydrogen) atoms. The Morgan fingerprint density at radius 3 is 2.95 bits per heavy atom. The van der Waals surface area contributed by atoms with Crippen LogP contribution in [0.2, 0.25) is 0 Å². The lowest BCUT2D eigenvalue weighted by molar-refractivity contribution is -0.142. The molecule has 0 aliphatic heterocycles. The summed E-state index contributed by atoms with van der Waals surface area (Å²) in [5.41, 5.74) is 1.71. The van der Waals surface area contributed by atoms with Crippen LogP contribution >= 0.6 is 0 Å². The Labute approximate surface area is 123 Å². The molecule has 2 heterocycles. The predicted octanol–water partition coefficient (Wildman–Crippen LogP) is 2.21. The van der Waals surface area contributed by atoms with Crippen molar-refractivity contribution in [3.05, 3.63) is 36.3 Å². The minimum absolute atomic E-state index is 0.219. The Morgan fingerprint density at radius 1 is 1.38 bits per heavy atom. The number of hydrogen-bond acceptors (Lipinski definition) is 6. The fraction of sp³-hybridized carbons (Fsp3) is 0.333. The zero-order valence-electron chi connectivity index (χ0n) is 12.2. The molecule has 2 aromatic heterocycles. The van der Waals surface area contributed by atoms with Crippen molar-refractivity contribution >= 4 is 11.8 Å². The van der Waals surface area contributed by atoms with Gasteiger partial charge >= 0.3 is 5.97 Å². The molecule has 6 heteroatoms. The summed E-state index contributed by atoms with van der Waals surface area (Å²) in [6.07, 6.45) is 3.73. The molecule has 0 atom stereocenters. The fourth-order valence-corrected chi connectivity index (χ4v) is 1.81. The Balaban J connectivity index is 2.04. The quantitative estimate of drug-likeness (QED) is 0.820. The molecule has 0 aliphatic rings. The van der Waals surface area contributed by atoms with Crippen molar-refractivity contribution in [1.29, 1.82) is 0 Å². The number of rotatable bonds is 6. The highest BCUT2D eigenvalue weighted by Crippen LogP contribution is 2.16. The van der Waals surface area contributed by atoms with Crippen LogP contribution in [0.5, 0.6) is 0 Å². The molecule has 2 rings (SSSR count). The number of nitrogens with one attached hydrogen (secondary N) is 1. The number of esters is 1. The molecule has 0 fully saturated rings. The maximum absolute atomic E-state index is 11.3. The second-order valence-electron chi connectivity index (χ2n) is 4.44. The zero-order valence-corrected chi connectivity index (χ0v) is 12.2. The summed E-state index contributed by atoms with van der Waals surface area (Å²) in [5.74, 6) is 1.08. The van der Waals surface area contributed by atoms with Crippen molar-refractivity contribution in [2.24, 2.45) is 0 Å². The van der Waals surface area contributed by atoms with Crippen LogP contribution in [-0.4, -0.2) is 34.1 Å². The van der Waals surface area contributed by atoms with Crippen LogP contribution in [0.4, 0.5) is 5.82 Å². The van der Waals surface area contributed by atoms with E-state index >= 15 is 0 Å². The average Bonchev–Trinajstić information content (AvgIpc) is 2.48. The van der Waals surface area contributed by atoms with Gasteiger partial charge in [-0.2, -0.15) is 0 Å². The van der Waals surface area contributed by atoms with Crippen LogP contribution in [0.15, 0.2) is 30.6 Å². The van der Waals surface area contributed by atoms with Crippen LogP contribution in [0, 0.1) is 6.92 Å². The smallest absolute Gasteiger partial charge is 0.307 e. The van der Waals surface area contributed by atoms with Gasteiger partial charge in [-0.15, -0.1) is 0 Å². The summed E-state index contributed by atoms with van der Waals surface area (Å²) in [6, 6.07) is 5.59. The van der Waals surface area contributed by atoms with Crippen LogP contribution in [0.1, 0.15) is 19.0 Å². The van der Waals surface area contributed by atoms with Gasteiger partial charge in [0, 0.05) is 36.3 Å². The highest BCUT2D eigenvalue weighted by molar-refractivity contribution is 5.70. The third kappa shape index (κ3) is 4.52. The number of hydrogen-bond donors (Lipinski definition) is 1. The molecule has 0 saturated heterocycles. The molecular formula is C15H18N4O2. The third-order valence-corrected chi connectivity index (χ3v) is 2.71. The number of nitrogens with zero attached hydrogens (tertiary/aromatic N) is 3. The molecular weight excluding hydrogens is 268 g/mol. The summed E-state index contributed by atoms with van der Waals surface area (Å²) >= 11 is 0. The molecule has 0 radical (unpaired) electrons. The minimum atomic E-state index is -0.219. The van der Waals surface area contributed by atoms with Gasteiger partial charge in [0.15, 0.2) is 5.82 Å². The van der Waals surface area contributed by atoms with E-state index in [2.05, 4.69) is 20.3 Å². The van der Waals surface area contributed by atoms with Crippen molar-refractivity contribution in [3.63, 3.8) is 0 Å². The first-order chi connectivity index (χ1) is 10.2. The number of carbonyl (C=O) groups is 1. The molecule has 0 aromatic carbocycles. The molecule has 6 nitrogen and oxygen atoms in total. The van der Waals surface area contributed by atoms with Crippen molar-refractivity contribution < 1.29 is 9.53 Å². The van der Waals surface area contributed by atoms with E-state index in [1.165, 1.54) is 0 Å². The van der Waals surface area contributed by atoms with Gasteiger partial charge in [-0.25, -0.2) is 9.97 Å². The van der Waals surface area contributed by atoms with E-state index in [1.807, 2.05) is 25.1 Å². The molecule has 0 amide bonds. The summed E-state index contributed by atoms with van der Waals surface area (Å²) in [6.45, 7) is 4.57. The number of carbonyl (C=O) groups excluding carboxylic acids is 1. The second kappa shape index (κ2) is 7.33. The summed E-state index contributed by atoms with van der Waals surface area (Å²) < 4.78 is 4.88. The topological polar surface area (TPSA) is 77.0 Å². The Bertz CT molecular complexity index is 602. The van der Waals surface area contributed by atoms with Gasteiger partial charge in [-0.3, -0.25) is 9.78 Å². The van der Waals surface area contributed by atoms with Gasteiger partial charge in [-0.1, -0.05) is 0 Å². The standard InChI is InChI=1S/C15H18N4O2/c1-3-21-14(20)6-8-17-13-9-11(2)18-15(19-13)12-5-4-7-16-10-12/h4-5,7,9-10H,3,6,8H2,1-2H3,(H,17,18,19). The Kier molecular flexibility index (Phi) is 5.20. The molecule has 1 N–H and O–H groups in total. The molecule has 0 saturated carbocycles. The number of anilines is 1. The van der Waals surface area contributed by atoms with Crippen molar-refractivity contribution in [2.45, 2.75) is 20.3 Å². The molecule has 0 spiro atoms. The van der Waals surface area contributed by atoms with Gasteiger partial charge in [0.2, 0.25) is 0 Å². The van der Waals surface area contributed by atoms with Gasteiger partial charge in [0.05, 0.1) is 13.0 Å². The van der Waals surface area contributed by atoms with Crippen LogP contribution in [-0.2, 0) is 9.53 Å². The minimum Gasteiger partial charge on any atom is -0.466 e. The number of aryl methyl sites for hydroxylation is 1. The normalized spacial score (nSPS) is 10.2. The molecule has 110 valence electrons. The van der Waals surface area contributed by atoms with E-state index in [9.17, 15) is 4.79 Å². The summed E-state index contributed by atoms with van der Waals surface area (Å²) in [5, 5.41) is 3.11. The van der Waals surface area contributed by atoms with E-state index in [0.717, 1.165) is 11.3 Å². The monoisotopic (exact) mass is 286 g/mol. The van der Waals surface area contributed by atoms with Crippen LogP contribution in [0.25, 0.3) is 11.4 Å². The van der Waals surface area contributed by atoms with E-state index in [4.69, 9.17) is 4.74 Å². The van der Waals surface area contributed by atoms with Gasteiger partial charge < -0.3 is 10.1 Å². The number of ether oxygens (including phenoxy) is 1. The summed E-state index contributed by atoms with van der Waals surface area (Å²) in [4.78, 5) is 24.2. The zero-order chi connectivity index (χ0) is 15.1. The van der Waals surface area contributed by atoms with Gasteiger partial charge in [0.1, 0.15) is 5.82 Å². The van der Waals surface area contributed by atoms with Gasteiger partial charge in [-0.05, 0) is 26.0 Å². The first-order valence-electron chi connectivity index (χ1n) is 6.84. The van der Waals surface area contributed by atoms with Crippen LogP contribution in [0.3, 0.4) is 0 Å². The highest BCUT2D eigenvalue weighted by atomic mass is 16.5. The predicted molar refractivity (Wildman–Crippen MR) is 79.7 cm³/mol. The first kappa shape index (κ1) is 14.9. The van der Waals surface area contributed by atoms with Crippen molar-refractivity contribution in [1.82, 2.24) is 15.0 Å². The first-order valence-corrected chi connectivity index (χ1v) is 6.84. The molecule has 0 unspecified atom stereocenters. The lowest BCUT2D eigenvalue weighted by atomic mass is 10.2. The van der Waals surface area contributed by atoms with Crippen molar-refractivity contribution in [3.8, 4) is 11.4 Å². The lowest BCUT2D eigenvalue weighted by Crippen LogP contribution is -2.12. The molecule has 0 bridgehead atoms. The highest BCUT2D eigenvalue weighted by Gasteiger charge is 2.06. The maximum Gasteiger partial charge on any atom is 0.307 e. The molecule has 2 aromatic rings. The van der Waals surface area contributed by atoms with E-state index < -0.39 is 0 Å². The third-order valence-electron chi connectivity index (χ3n) is 2.71. The Morgan fingerprint density at radius 2 is 2.24 bits per heavy atom. The largest absolute Gasteiger partial charge is 0.466 e. The average molecular weight is 286 g/mol. The number of pyridine rings is 1. The second-order valence-corrected chi connectivity index (χ2v) is 4.44. The maximum atomic E-state index is 11.3. The van der Waals surface area contributed by atoms with E-state index in [1.54, 1.807) is 19.3 Å². The van der Waals surface area contributed by atoms with E-state index in [0.29, 0.717) is 31.2 Å². The molecule has 0 aliphatic carbocycles. The Hall–Kier alpha value is -2.50. The fourth-order valence-electron chi connectivity index (χ4n) is 1.81. The number of aromatic nitrogens is 3. The van der Waals surface area contributed by atoms with Crippen molar-refractivity contribution in [2.75, 3.05) is 18.5 Å². The van der Waals surface area contributed by atoms with E-state index in [-0.39, 0.29) is 5.97 Å². The lowest BCUT2D eigenvalue weighted by Gasteiger charge is -2.08.